The van der Waals surface area contributed by atoms with E-state index in [1.165, 1.54) is 10.9 Å². The van der Waals surface area contributed by atoms with E-state index in [0.717, 1.165) is 11.1 Å². The molecule has 0 saturated heterocycles. The predicted octanol–water partition coefficient (Wildman–Crippen LogP) is 3.54. The summed E-state index contributed by atoms with van der Waals surface area (Å²) in [5, 5.41) is 14.9. The minimum atomic E-state index is -0.496. The van der Waals surface area contributed by atoms with Gasteiger partial charge in [-0.25, -0.2) is 0 Å². The van der Waals surface area contributed by atoms with E-state index in [2.05, 4.69) is 59.4 Å². The van der Waals surface area contributed by atoms with Crippen LogP contribution in [-0.2, 0) is 0 Å². The molecule has 3 aromatic rings. The van der Waals surface area contributed by atoms with Crippen LogP contribution in [0.2, 0.25) is 0 Å². The van der Waals surface area contributed by atoms with E-state index in [0.29, 0.717) is 6.54 Å². The van der Waals surface area contributed by atoms with Crippen LogP contribution in [-0.4, -0.2) is 29.4 Å². The summed E-state index contributed by atoms with van der Waals surface area (Å²) < 4.78 is 2.17. The highest BCUT2D eigenvalue weighted by atomic mass is 35.5. The molecule has 0 saturated carbocycles. The van der Waals surface area contributed by atoms with Crippen LogP contribution >= 0.6 is 12.4 Å². The van der Waals surface area contributed by atoms with Gasteiger partial charge >= 0.3 is 0 Å². The number of halogens is 1. The Labute approximate surface area is 143 Å². The smallest absolute Gasteiger partial charge is 0.0912 e. The average molecular weight is 331 g/mol. The van der Waals surface area contributed by atoms with Gasteiger partial charge in [-0.2, -0.15) is 0 Å². The summed E-state index contributed by atoms with van der Waals surface area (Å²) in [6.45, 7) is 2.65. The quantitative estimate of drug-likeness (QED) is 0.750. The Bertz CT molecular complexity index is 754. The van der Waals surface area contributed by atoms with Crippen molar-refractivity contribution in [3.63, 3.8) is 0 Å². The lowest BCUT2D eigenvalue weighted by molar-refractivity contribution is 0.132. The second kappa shape index (κ2) is 7.64. The van der Waals surface area contributed by atoms with Gasteiger partial charge in [-0.1, -0.05) is 42.0 Å². The molecule has 23 heavy (non-hydrogen) atoms. The molecule has 0 fully saturated rings. The average Bonchev–Trinajstić information content (AvgIpc) is 2.92. The van der Waals surface area contributed by atoms with Gasteiger partial charge in [-0.15, -0.1) is 12.4 Å². The Hall–Kier alpha value is -1.81. The molecule has 1 aromatic heterocycles. The number of aliphatic hydroxyl groups is 1. The van der Waals surface area contributed by atoms with Crippen molar-refractivity contribution in [2.45, 2.75) is 19.1 Å². The zero-order valence-electron chi connectivity index (χ0n) is 13.4. The van der Waals surface area contributed by atoms with Gasteiger partial charge in [0.25, 0.3) is 0 Å². The fourth-order valence-corrected chi connectivity index (χ4v) is 3.07. The predicted molar refractivity (Wildman–Crippen MR) is 98.4 cm³/mol. The highest BCUT2D eigenvalue weighted by Gasteiger charge is 2.23. The number of likely N-dealkylation sites (N-methyl/N-ethyl adjacent to an activating group) is 1. The third kappa shape index (κ3) is 3.58. The number of hydrogen-bond acceptors (Lipinski definition) is 2. The van der Waals surface area contributed by atoms with Crippen molar-refractivity contribution in [3.05, 3.63) is 71.9 Å². The molecule has 2 atom stereocenters. The van der Waals surface area contributed by atoms with Crippen molar-refractivity contribution in [2.75, 3.05) is 13.6 Å². The molecule has 3 nitrogen and oxygen atoms in total. The van der Waals surface area contributed by atoms with Gasteiger partial charge < -0.3 is 15.0 Å². The van der Waals surface area contributed by atoms with E-state index < -0.39 is 6.10 Å². The van der Waals surface area contributed by atoms with Crippen LogP contribution in [0.15, 0.2) is 60.8 Å². The zero-order valence-corrected chi connectivity index (χ0v) is 14.3. The van der Waals surface area contributed by atoms with Crippen LogP contribution in [0.3, 0.4) is 0 Å². The molecule has 4 heteroatoms. The maximum Gasteiger partial charge on any atom is 0.0912 e. The summed E-state index contributed by atoms with van der Waals surface area (Å²) in [4.78, 5) is 0. The SMILES string of the molecule is CNC[C@@H](O)[C@H](c1ccccc1)n1ccc2cc(C)ccc21.Cl. The van der Waals surface area contributed by atoms with Gasteiger partial charge in [0.2, 0.25) is 0 Å². The van der Waals surface area contributed by atoms with Crippen LogP contribution < -0.4 is 5.32 Å². The lowest BCUT2D eigenvalue weighted by atomic mass is 10.0. The molecule has 2 aromatic carbocycles. The van der Waals surface area contributed by atoms with Crippen molar-refractivity contribution >= 4 is 23.3 Å². The summed E-state index contributed by atoms with van der Waals surface area (Å²) in [6, 6.07) is 18.6. The Morgan fingerprint density at radius 3 is 2.52 bits per heavy atom. The van der Waals surface area contributed by atoms with Crippen molar-refractivity contribution in [1.29, 1.82) is 0 Å². The number of rotatable bonds is 5. The molecule has 0 spiro atoms. The number of aryl methyl sites for hydroxylation is 1. The molecule has 0 aliphatic rings. The van der Waals surface area contributed by atoms with Crippen LogP contribution in [0.1, 0.15) is 17.2 Å². The minimum Gasteiger partial charge on any atom is -0.389 e. The maximum absolute atomic E-state index is 10.7. The molecule has 0 bridgehead atoms. The third-order valence-corrected chi connectivity index (χ3v) is 4.09. The minimum absolute atomic E-state index is 0. The molecular formula is C19H23ClN2O. The molecule has 122 valence electrons. The van der Waals surface area contributed by atoms with E-state index in [-0.39, 0.29) is 18.4 Å². The van der Waals surface area contributed by atoms with Crippen molar-refractivity contribution < 1.29 is 5.11 Å². The number of nitrogens with zero attached hydrogens (tertiary/aromatic N) is 1. The van der Waals surface area contributed by atoms with Gasteiger partial charge in [0.05, 0.1) is 12.1 Å². The molecule has 0 unspecified atom stereocenters. The number of aromatic nitrogens is 1. The first-order chi connectivity index (χ1) is 10.7. The molecule has 3 rings (SSSR count). The van der Waals surface area contributed by atoms with Crippen LogP contribution in [0, 0.1) is 6.92 Å². The first-order valence-electron chi connectivity index (χ1n) is 7.65. The fourth-order valence-electron chi connectivity index (χ4n) is 3.07. The van der Waals surface area contributed by atoms with Gasteiger partial charge in [-0.05, 0) is 43.1 Å². The molecule has 0 amide bonds. The summed E-state index contributed by atoms with van der Waals surface area (Å²) >= 11 is 0. The molecule has 0 aliphatic heterocycles. The number of benzene rings is 2. The normalized spacial score (nSPS) is 13.5. The Balaban J connectivity index is 0.00000192. The lowest BCUT2D eigenvalue weighted by Gasteiger charge is -2.26. The summed E-state index contributed by atoms with van der Waals surface area (Å²) in [7, 11) is 1.86. The van der Waals surface area contributed by atoms with E-state index in [1.807, 2.05) is 25.2 Å². The van der Waals surface area contributed by atoms with E-state index in [1.54, 1.807) is 0 Å². The monoisotopic (exact) mass is 330 g/mol. The Kier molecular flexibility index (Phi) is 5.83. The highest BCUT2D eigenvalue weighted by Crippen LogP contribution is 2.28. The van der Waals surface area contributed by atoms with E-state index >= 15 is 0 Å². The van der Waals surface area contributed by atoms with Crippen molar-refractivity contribution in [1.82, 2.24) is 9.88 Å². The largest absolute Gasteiger partial charge is 0.389 e. The molecule has 0 radical (unpaired) electrons. The standard InChI is InChI=1S/C19H22N2O.ClH/c1-14-8-9-17-16(12-14)10-11-21(17)19(18(22)13-20-2)15-6-4-3-5-7-15;/h3-12,18-20,22H,13H2,1-2H3;1H/t18-,19+;/m1./s1. The molecule has 2 N–H and O–H groups in total. The number of nitrogens with one attached hydrogen (secondary N) is 1. The van der Waals surface area contributed by atoms with Gasteiger partial charge in [0, 0.05) is 18.3 Å². The van der Waals surface area contributed by atoms with Crippen LogP contribution in [0.25, 0.3) is 10.9 Å². The van der Waals surface area contributed by atoms with E-state index in [4.69, 9.17) is 0 Å². The first kappa shape index (κ1) is 17.5. The third-order valence-electron chi connectivity index (χ3n) is 4.09. The van der Waals surface area contributed by atoms with Crippen molar-refractivity contribution in [3.8, 4) is 0 Å². The van der Waals surface area contributed by atoms with Gasteiger partial charge in [-0.3, -0.25) is 0 Å². The molecule has 1 heterocycles. The number of fused-ring (bicyclic) bond motifs is 1. The van der Waals surface area contributed by atoms with Crippen molar-refractivity contribution in [2.24, 2.45) is 0 Å². The Morgan fingerprint density at radius 1 is 1.09 bits per heavy atom. The Morgan fingerprint density at radius 2 is 1.83 bits per heavy atom. The number of aliphatic hydroxyl groups excluding tert-OH is 1. The topological polar surface area (TPSA) is 37.2 Å². The maximum atomic E-state index is 10.7. The number of hydrogen-bond donors (Lipinski definition) is 2. The zero-order chi connectivity index (χ0) is 15.5. The summed E-state index contributed by atoms with van der Waals surface area (Å²) in [5.74, 6) is 0. The fraction of sp³-hybridized carbons (Fsp3) is 0.263. The lowest BCUT2D eigenvalue weighted by Crippen LogP contribution is -2.33. The first-order valence-corrected chi connectivity index (χ1v) is 7.65. The molecule has 0 aliphatic carbocycles. The van der Waals surface area contributed by atoms with E-state index in [9.17, 15) is 5.11 Å². The highest BCUT2D eigenvalue weighted by molar-refractivity contribution is 5.85. The second-order valence-electron chi connectivity index (χ2n) is 5.77. The summed E-state index contributed by atoms with van der Waals surface area (Å²) in [6.07, 6.45) is 1.57. The summed E-state index contributed by atoms with van der Waals surface area (Å²) in [5.41, 5.74) is 3.51. The van der Waals surface area contributed by atoms with Gasteiger partial charge in [0.15, 0.2) is 0 Å². The van der Waals surface area contributed by atoms with Crippen LogP contribution in [0.5, 0.6) is 0 Å². The molecular weight excluding hydrogens is 308 g/mol. The second-order valence-corrected chi connectivity index (χ2v) is 5.77. The van der Waals surface area contributed by atoms with Gasteiger partial charge in [0.1, 0.15) is 0 Å². The van der Waals surface area contributed by atoms with Crippen LogP contribution in [0.4, 0.5) is 0 Å².